The van der Waals surface area contributed by atoms with Gasteiger partial charge in [0.25, 0.3) is 0 Å². The van der Waals surface area contributed by atoms with Crippen molar-refractivity contribution < 1.29 is 4.79 Å². The standard InChI is InChI=1S/C21H28N2O/c1-3-5-12-18(4-2)17-22-21(24)23(19-13-8-6-9-14-19)20-15-10-7-11-16-20/h6-11,13-16,18H,3-5,12,17H2,1-2H3,(H,22,24)/t18-/m0/s1. The van der Waals surface area contributed by atoms with Crippen LogP contribution in [-0.2, 0) is 0 Å². The van der Waals surface area contributed by atoms with Crippen molar-refractivity contribution in [1.82, 2.24) is 5.32 Å². The highest BCUT2D eigenvalue weighted by atomic mass is 16.2. The first-order valence-corrected chi connectivity index (χ1v) is 8.94. The van der Waals surface area contributed by atoms with E-state index in [0.717, 1.165) is 24.3 Å². The van der Waals surface area contributed by atoms with Crippen molar-refractivity contribution in [3.63, 3.8) is 0 Å². The first-order chi connectivity index (χ1) is 11.8. The van der Waals surface area contributed by atoms with Crippen LogP contribution in [0.2, 0.25) is 0 Å². The second-order valence-corrected chi connectivity index (χ2v) is 6.11. The molecule has 2 aromatic carbocycles. The van der Waals surface area contributed by atoms with E-state index in [-0.39, 0.29) is 6.03 Å². The van der Waals surface area contributed by atoms with Gasteiger partial charge in [-0.3, -0.25) is 4.90 Å². The van der Waals surface area contributed by atoms with Crippen molar-refractivity contribution in [2.75, 3.05) is 11.4 Å². The number of hydrogen-bond acceptors (Lipinski definition) is 1. The maximum atomic E-state index is 12.9. The summed E-state index contributed by atoms with van der Waals surface area (Å²) in [6.45, 7) is 5.13. The van der Waals surface area contributed by atoms with E-state index in [4.69, 9.17) is 0 Å². The molecule has 0 aliphatic heterocycles. The zero-order valence-electron chi connectivity index (χ0n) is 14.7. The third-order valence-corrected chi connectivity index (χ3v) is 4.32. The van der Waals surface area contributed by atoms with Gasteiger partial charge in [-0.05, 0) is 36.6 Å². The highest BCUT2D eigenvalue weighted by Crippen LogP contribution is 2.25. The number of amides is 2. The van der Waals surface area contributed by atoms with E-state index in [1.807, 2.05) is 60.7 Å². The topological polar surface area (TPSA) is 32.3 Å². The van der Waals surface area contributed by atoms with Crippen LogP contribution in [-0.4, -0.2) is 12.6 Å². The molecule has 2 amide bonds. The van der Waals surface area contributed by atoms with Gasteiger partial charge >= 0.3 is 6.03 Å². The Bertz CT molecular complexity index is 558. The fraction of sp³-hybridized carbons (Fsp3) is 0.381. The summed E-state index contributed by atoms with van der Waals surface area (Å²) >= 11 is 0. The summed E-state index contributed by atoms with van der Waals surface area (Å²) < 4.78 is 0. The lowest BCUT2D eigenvalue weighted by Crippen LogP contribution is -2.39. The van der Waals surface area contributed by atoms with E-state index < -0.39 is 0 Å². The van der Waals surface area contributed by atoms with Crippen molar-refractivity contribution in [2.45, 2.75) is 39.5 Å². The van der Waals surface area contributed by atoms with Crippen molar-refractivity contribution in [1.29, 1.82) is 0 Å². The fourth-order valence-electron chi connectivity index (χ4n) is 2.79. The Morgan fingerprint density at radius 3 is 1.96 bits per heavy atom. The summed E-state index contributed by atoms with van der Waals surface area (Å²) in [4.78, 5) is 14.6. The lowest BCUT2D eigenvalue weighted by molar-refractivity contribution is 0.246. The number of unbranched alkanes of at least 4 members (excludes halogenated alkanes) is 1. The van der Waals surface area contributed by atoms with Crippen LogP contribution in [0.3, 0.4) is 0 Å². The van der Waals surface area contributed by atoms with E-state index in [1.54, 1.807) is 4.90 Å². The molecule has 128 valence electrons. The summed E-state index contributed by atoms with van der Waals surface area (Å²) in [6.07, 6.45) is 4.68. The third kappa shape index (κ3) is 5.12. The fourth-order valence-corrected chi connectivity index (χ4v) is 2.79. The predicted octanol–water partition coefficient (Wildman–Crippen LogP) is 5.75. The molecule has 1 atom stereocenters. The Labute approximate surface area is 145 Å². The number of nitrogens with one attached hydrogen (secondary N) is 1. The molecule has 2 aromatic rings. The normalized spacial score (nSPS) is 11.8. The second kappa shape index (κ2) is 9.76. The van der Waals surface area contributed by atoms with Gasteiger partial charge in [0.2, 0.25) is 0 Å². The molecule has 0 bridgehead atoms. The summed E-state index contributed by atoms with van der Waals surface area (Å²) in [5.74, 6) is 0.544. The summed E-state index contributed by atoms with van der Waals surface area (Å²) in [5.41, 5.74) is 1.76. The van der Waals surface area contributed by atoms with E-state index >= 15 is 0 Å². The van der Waals surface area contributed by atoms with Crippen LogP contribution in [0, 0.1) is 5.92 Å². The largest absolute Gasteiger partial charge is 0.337 e. The van der Waals surface area contributed by atoms with Crippen molar-refractivity contribution in [3.05, 3.63) is 60.7 Å². The Kier molecular flexibility index (Phi) is 7.34. The monoisotopic (exact) mass is 324 g/mol. The van der Waals surface area contributed by atoms with Crippen LogP contribution < -0.4 is 10.2 Å². The van der Waals surface area contributed by atoms with E-state index in [2.05, 4.69) is 19.2 Å². The molecule has 0 radical (unpaired) electrons. The summed E-state index contributed by atoms with van der Waals surface area (Å²) in [6, 6.07) is 19.5. The molecule has 0 unspecified atom stereocenters. The minimum absolute atomic E-state index is 0.0673. The van der Waals surface area contributed by atoms with Crippen LogP contribution in [0.5, 0.6) is 0 Å². The molecule has 0 aromatic heterocycles. The van der Waals surface area contributed by atoms with Gasteiger partial charge in [-0.15, -0.1) is 0 Å². The predicted molar refractivity (Wildman–Crippen MR) is 102 cm³/mol. The molecule has 0 aliphatic rings. The van der Waals surface area contributed by atoms with Gasteiger partial charge in [-0.2, -0.15) is 0 Å². The summed E-state index contributed by atoms with van der Waals surface area (Å²) in [7, 11) is 0. The molecule has 3 heteroatoms. The van der Waals surface area contributed by atoms with Crippen molar-refractivity contribution in [3.8, 4) is 0 Å². The molecular weight excluding hydrogens is 296 g/mol. The quantitative estimate of drug-likeness (QED) is 0.658. The Morgan fingerprint density at radius 1 is 0.958 bits per heavy atom. The number of anilines is 2. The van der Waals surface area contributed by atoms with Crippen LogP contribution in [0.15, 0.2) is 60.7 Å². The number of hydrogen-bond donors (Lipinski definition) is 1. The van der Waals surface area contributed by atoms with Gasteiger partial charge in [0.15, 0.2) is 0 Å². The number of rotatable bonds is 8. The zero-order valence-corrected chi connectivity index (χ0v) is 14.7. The highest BCUT2D eigenvalue weighted by molar-refractivity contribution is 5.99. The minimum Gasteiger partial charge on any atom is -0.337 e. The highest BCUT2D eigenvalue weighted by Gasteiger charge is 2.18. The van der Waals surface area contributed by atoms with Crippen molar-refractivity contribution in [2.24, 2.45) is 5.92 Å². The van der Waals surface area contributed by atoms with Crippen LogP contribution in [0.25, 0.3) is 0 Å². The number of benzene rings is 2. The second-order valence-electron chi connectivity index (χ2n) is 6.11. The minimum atomic E-state index is -0.0673. The Hall–Kier alpha value is -2.29. The lowest BCUT2D eigenvalue weighted by Gasteiger charge is -2.25. The van der Waals surface area contributed by atoms with Gasteiger partial charge in [-0.25, -0.2) is 4.79 Å². The average Bonchev–Trinajstić information content (AvgIpc) is 2.64. The molecular formula is C21H28N2O. The molecule has 1 N–H and O–H groups in total. The molecule has 0 saturated carbocycles. The number of nitrogens with zero attached hydrogens (tertiary/aromatic N) is 1. The molecule has 2 rings (SSSR count). The SMILES string of the molecule is CCCC[C@H](CC)CNC(=O)N(c1ccccc1)c1ccccc1. The van der Waals surface area contributed by atoms with Crippen LogP contribution in [0.1, 0.15) is 39.5 Å². The number of urea groups is 1. The molecule has 3 nitrogen and oxygen atoms in total. The third-order valence-electron chi connectivity index (χ3n) is 4.32. The smallest absolute Gasteiger partial charge is 0.326 e. The zero-order chi connectivity index (χ0) is 17.2. The molecule has 0 spiro atoms. The number of para-hydroxylation sites is 2. The first kappa shape index (κ1) is 18.1. The number of carbonyl (C=O) groups excluding carboxylic acids is 1. The van der Waals surface area contributed by atoms with Gasteiger partial charge in [0.1, 0.15) is 0 Å². The maximum Gasteiger partial charge on any atom is 0.326 e. The molecule has 24 heavy (non-hydrogen) atoms. The maximum absolute atomic E-state index is 12.9. The van der Waals surface area contributed by atoms with Crippen LogP contribution in [0.4, 0.5) is 16.2 Å². The molecule has 0 aliphatic carbocycles. The van der Waals surface area contributed by atoms with Crippen LogP contribution >= 0.6 is 0 Å². The average molecular weight is 324 g/mol. The van der Waals surface area contributed by atoms with Crippen molar-refractivity contribution >= 4 is 17.4 Å². The van der Waals surface area contributed by atoms with Gasteiger partial charge < -0.3 is 5.32 Å². The lowest BCUT2D eigenvalue weighted by atomic mass is 9.99. The first-order valence-electron chi connectivity index (χ1n) is 8.94. The molecule has 0 fully saturated rings. The Morgan fingerprint density at radius 2 is 1.50 bits per heavy atom. The van der Waals surface area contributed by atoms with E-state index in [0.29, 0.717) is 5.92 Å². The Balaban J connectivity index is 2.11. The molecule has 0 saturated heterocycles. The van der Waals surface area contributed by atoms with E-state index in [9.17, 15) is 4.79 Å². The van der Waals surface area contributed by atoms with Gasteiger partial charge in [0.05, 0.1) is 11.4 Å². The van der Waals surface area contributed by atoms with Gasteiger partial charge in [-0.1, -0.05) is 69.5 Å². The molecule has 0 heterocycles. The van der Waals surface area contributed by atoms with Gasteiger partial charge in [0, 0.05) is 6.54 Å². The summed E-state index contributed by atoms with van der Waals surface area (Å²) in [5, 5.41) is 3.13. The van der Waals surface area contributed by atoms with E-state index in [1.165, 1.54) is 19.3 Å². The number of carbonyl (C=O) groups is 1.